The molecule has 3 aromatic rings. The number of hydrogen-bond donors (Lipinski definition) is 1. The highest BCUT2D eigenvalue weighted by Gasteiger charge is 2.45. The number of carbonyl (C=O) groups excluding carboxylic acids is 2. The van der Waals surface area contributed by atoms with Crippen molar-refractivity contribution in [1.29, 1.82) is 0 Å². The van der Waals surface area contributed by atoms with Gasteiger partial charge in [0.1, 0.15) is 17.9 Å². The van der Waals surface area contributed by atoms with Crippen molar-refractivity contribution in [2.24, 2.45) is 7.05 Å². The number of fused-ring (bicyclic) bond motifs is 1. The number of aromatic nitrogens is 2. The molecule has 2 aliphatic rings. The number of halogens is 4. The van der Waals surface area contributed by atoms with E-state index in [1.807, 2.05) is 0 Å². The number of hydrogen-bond acceptors (Lipinski definition) is 7. The first-order valence-electron chi connectivity index (χ1n) is 14.3. The van der Waals surface area contributed by atoms with Crippen LogP contribution in [0.3, 0.4) is 0 Å². The molecule has 0 spiro atoms. The van der Waals surface area contributed by atoms with E-state index < -0.39 is 53.8 Å². The van der Waals surface area contributed by atoms with E-state index in [-0.39, 0.29) is 36.4 Å². The maximum atomic E-state index is 15.3. The van der Waals surface area contributed by atoms with Gasteiger partial charge in [-0.25, -0.2) is 18.5 Å². The second-order valence-electron chi connectivity index (χ2n) is 11.1. The second-order valence-corrected chi connectivity index (χ2v) is 11.1. The standard InChI is InChI=1S/C31H32F4N4O6/c1-17-13-20(38-11-12-45-16-25(38)31(33,34)35)15-22(32)26(17)27(40)36-23(29(42)44-3)14-18-7-9-19(10-8-18)39-28(41)21-5-4-6-24(21)37(2)30(39)43/h7-10,13,15,23,25H,4-6,11-12,14,16H2,1-3H3,(H,36,40)/t23-,25+/m0/s1. The van der Waals surface area contributed by atoms with E-state index in [2.05, 4.69) is 5.32 Å². The smallest absolute Gasteiger partial charge is 0.411 e. The van der Waals surface area contributed by atoms with E-state index in [4.69, 9.17) is 9.47 Å². The van der Waals surface area contributed by atoms with Crippen LogP contribution in [0.1, 0.15) is 39.2 Å². The van der Waals surface area contributed by atoms with Crippen molar-refractivity contribution in [1.82, 2.24) is 14.5 Å². The van der Waals surface area contributed by atoms with Gasteiger partial charge in [-0.1, -0.05) is 12.1 Å². The summed E-state index contributed by atoms with van der Waals surface area (Å²) < 4.78 is 68.4. The molecule has 240 valence electrons. The van der Waals surface area contributed by atoms with E-state index in [0.29, 0.717) is 29.7 Å². The van der Waals surface area contributed by atoms with Gasteiger partial charge in [-0.2, -0.15) is 13.2 Å². The number of rotatable bonds is 7. The Morgan fingerprint density at radius 1 is 1.11 bits per heavy atom. The highest BCUT2D eigenvalue weighted by molar-refractivity contribution is 5.98. The summed E-state index contributed by atoms with van der Waals surface area (Å²) in [6.07, 6.45) is -2.64. The summed E-state index contributed by atoms with van der Waals surface area (Å²) in [5, 5.41) is 2.47. The molecule has 2 atom stereocenters. The second kappa shape index (κ2) is 12.5. The predicted octanol–water partition coefficient (Wildman–Crippen LogP) is 2.75. The zero-order valence-corrected chi connectivity index (χ0v) is 24.9. The normalized spacial score (nSPS) is 17.1. The molecule has 0 unspecified atom stereocenters. The molecule has 2 heterocycles. The number of alkyl halides is 3. The lowest BCUT2D eigenvalue weighted by Crippen LogP contribution is -2.53. The van der Waals surface area contributed by atoms with Gasteiger partial charge >= 0.3 is 17.8 Å². The van der Waals surface area contributed by atoms with Crippen molar-refractivity contribution in [3.63, 3.8) is 0 Å². The van der Waals surface area contributed by atoms with Gasteiger partial charge in [0.2, 0.25) is 0 Å². The number of esters is 1. The van der Waals surface area contributed by atoms with Gasteiger partial charge < -0.3 is 24.3 Å². The molecule has 0 saturated carbocycles. The third-order valence-electron chi connectivity index (χ3n) is 8.30. The molecule has 0 radical (unpaired) electrons. The molecule has 1 fully saturated rings. The van der Waals surface area contributed by atoms with Gasteiger partial charge in [0, 0.05) is 37.0 Å². The fourth-order valence-corrected chi connectivity index (χ4v) is 5.99. The van der Waals surface area contributed by atoms with Crippen LogP contribution in [0.4, 0.5) is 23.2 Å². The first-order valence-corrected chi connectivity index (χ1v) is 14.3. The highest BCUT2D eigenvalue weighted by Crippen LogP contribution is 2.33. The topological polar surface area (TPSA) is 112 Å². The Bertz CT molecular complexity index is 1730. The molecular weight excluding hydrogens is 600 g/mol. The number of morpholine rings is 1. The van der Waals surface area contributed by atoms with Gasteiger partial charge in [-0.15, -0.1) is 0 Å². The summed E-state index contributed by atoms with van der Waals surface area (Å²) in [6, 6.07) is 5.23. The lowest BCUT2D eigenvalue weighted by atomic mass is 10.0. The number of anilines is 1. The van der Waals surface area contributed by atoms with Crippen LogP contribution >= 0.6 is 0 Å². The van der Waals surface area contributed by atoms with E-state index in [1.165, 1.54) is 17.6 Å². The number of aryl methyl sites for hydroxylation is 1. The number of benzene rings is 2. The molecule has 1 amide bonds. The molecule has 14 heteroatoms. The first-order chi connectivity index (χ1) is 21.3. The molecule has 1 aliphatic carbocycles. The van der Waals surface area contributed by atoms with Crippen LogP contribution in [0, 0.1) is 12.7 Å². The summed E-state index contributed by atoms with van der Waals surface area (Å²) in [7, 11) is 2.75. The van der Waals surface area contributed by atoms with Crippen molar-refractivity contribution in [3.8, 4) is 5.69 Å². The maximum absolute atomic E-state index is 15.3. The number of nitrogens with zero attached hydrogens (tertiary/aromatic N) is 3. The number of nitrogens with one attached hydrogen (secondary N) is 1. The SMILES string of the molecule is COC(=O)[C@H](Cc1ccc(-n2c(=O)c3c(n(C)c2=O)CCC3)cc1)NC(=O)c1c(C)cc(N2CCOC[C@@H]2C(F)(F)F)cc1F. The Morgan fingerprint density at radius 2 is 1.82 bits per heavy atom. The Hall–Kier alpha value is -4.46. The Kier molecular flexibility index (Phi) is 8.88. The van der Waals surface area contributed by atoms with Crippen molar-refractivity contribution in [3.05, 3.63) is 91.0 Å². The first kappa shape index (κ1) is 31.9. The molecule has 0 bridgehead atoms. The van der Waals surface area contributed by atoms with E-state index >= 15 is 4.39 Å². The van der Waals surface area contributed by atoms with Crippen molar-refractivity contribution in [2.45, 2.75) is 50.9 Å². The van der Waals surface area contributed by atoms with Gasteiger partial charge in [0.25, 0.3) is 11.5 Å². The van der Waals surface area contributed by atoms with Crippen molar-refractivity contribution in [2.75, 3.05) is 31.8 Å². The van der Waals surface area contributed by atoms with Crippen LogP contribution in [0.2, 0.25) is 0 Å². The number of amides is 1. The summed E-state index contributed by atoms with van der Waals surface area (Å²) in [5.41, 5.74) is 0.980. The molecule has 2 aromatic carbocycles. The van der Waals surface area contributed by atoms with Gasteiger partial charge in [-0.3, -0.25) is 9.59 Å². The van der Waals surface area contributed by atoms with Crippen LogP contribution in [0.15, 0.2) is 46.0 Å². The highest BCUT2D eigenvalue weighted by atomic mass is 19.4. The van der Waals surface area contributed by atoms with Crippen LogP contribution < -0.4 is 21.5 Å². The van der Waals surface area contributed by atoms with Crippen LogP contribution in [-0.2, 0) is 40.6 Å². The van der Waals surface area contributed by atoms with E-state index in [0.717, 1.165) is 34.8 Å². The summed E-state index contributed by atoms with van der Waals surface area (Å²) in [6.45, 7) is 0.696. The van der Waals surface area contributed by atoms with Crippen LogP contribution in [-0.4, -0.2) is 66.1 Å². The third kappa shape index (κ3) is 6.23. The Morgan fingerprint density at radius 3 is 2.47 bits per heavy atom. The average molecular weight is 633 g/mol. The van der Waals surface area contributed by atoms with Crippen LogP contribution in [0.5, 0.6) is 0 Å². The van der Waals surface area contributed by atoms with E-state index in [9.17, 15) is 32.3 Å². The van der Waals surface area contributed by atoms with E-state index in [1.54, 1.807) is 31.3 Å². The van der Waals surface area contributed by atoms with Gasteiger partial charge in [0.15, 0.2) is 0 Å². The number of methoxy groups -OCH3 is 1. The van der Waals surface area contributed by atoms with Crippen molar-refractivity contribution < 1.29 is 36.6 Å². The lowest BCUT2D eigenvalue weighted by molar-refractivity contribution is -0.167. The molecule has 45 heavy (non-hydrogen) atoms. The zero-order valence-electron chi connectivity index (χ0n) is 24.9. The number of ether oxygens (including phenoxy) is 2. The lowest BCUT2D eigenvalue weighted by Gasteiger charge is -2.38. The largest absolute Gasteiger partial charge is 0.467 e. The molecule has 10 nitrogen and oxygen atoms in total. The minimum absolute atomic E-state index is 0.0258. The summed E-state index contributed by atoms with van der Waals surface area (Å²) in [4.78, 5) is 52.8. The van der Waals surface area contributed by atoms with Crippen molar-refractivity contribution >= 4 is 17.6 Å². The quantitative estimate of drug-likeness (QED) is 0.315. The molecule has 5 rings (SSSR count). The molecule has 1 N–H and O–H groups in total. The monoisotopic (exact) mass is 632 g/mol. The molecule has 1 aliphatic heterocycles. The maximum Gasteiger partial charge on any atom is 0.411 e. The Balaban J connectivity index is 1.36. The number of carbonyl (C=O) groups is 2. The average Bonchev–Trinajstić information content (AvgIpc) is 3.50. The van der Waals surface area contributed by atoms with Crippen LogP contribution in [0.25, 0.3) is 5.69 Å². The summed E-state index contributed by atoms with van der Waals surface area (Å²) in [5.74, 6) is -2.82. The fourth-order valence-electron chi connectivity index (χ4n) is 5.99. The third-order valence-corrected chi connectivity index (χ3v) is 8.30. The summed E-state index contributed by atoms with van der Waals surface area (Å²) >= 11 is 0. The molecule has 1 aromatic heterocycles. The zero-order chi connectivity index (χ0) is 32.6. The fraction of sp³-hybridized carbons (Fsp3) is 0.419. The van der Waals surface area contributed by atoms with Gasteiger partial charge in [-0.05, 0) is 61.6 Å². The minimum atomic E-state index is -4.61. The predicted molar refractivity (Wildman–Crippen MR) is 155 cm³/mol. The Labute approximate surface area is 255 Å². The molecule has 1 saturated heterocycles. The molecular formula is C31H32F4N4O6. The minimum Gasteiger partial charge on any atom is -0.467 e. The van der Waals surface area contributed by atoms with Gasteiger partial charge in [0.05, 0.1) is 31.6 Å².